The van der Waals surface area contributed by atoms with E-state index in [1.54, 1.807) is 25.7 Å². The lowest BCUT2D eigenvalue weighted by Crippen LogP contribution is -2.65. The quantitative estimate of drug-likeness (QED) is 0.102. The van der Waals surface area contributed by atoms with Gasteiger partial charge in [-0.2, -0.15) is 0 Å². The third-order valence-corrected chi connectivity index (χ3v) is 15.5. The molecule has 300 valence electrons. The van der Waals surface area contributed by atoms with Crippen LogP contribution in [0.15, 0.2) is 12.7 Å². The second-order valence-electron chi connectivity index (χ2n) is 18.0. The fraction of sp³-hybridized carbons (Fsp3) is 0.821. The van der Waals surface area contributed by atoms with Crippen LogP contribution in [0, 0.1) is 22.7 Å². The van der Waals surface area contributed by atoms with Crippen molar-refractivity contribution in [3.63, 3.8) is 0 Å². The number of ketones is 1. The summed E-state index contributed by atoms with van der Waals surface area (Å²) >= 11 is 0. The molecule has 0 aromatic carbocycles. The molecule has 3 saturated carbocycles. The van der Waals surface area contributed by atoms with Crippen LogP contribution in [0.2, 0.25) is 0 Å². The number of carbonyl (C=O) groups is 5. The summed E-state index contributed by atoms with van der Waals surface area (Å²) in [7, 11) is -3.59. The molecule has 4 fully saturated rings. The number of halogens is 1. The van der Waals surface area contributed by atoms with E-state index in [1.165, 1.54) is 6.08 Å². The molecule has 0 spiro atoms. The first-order chi connectivity index (χ1) is 24.7. The van der Waals surface area contributed by atoms with Crippen molar-refractivity contribution in [2.24, 2.45) is 22.7 Å². The summed E-state index contributed by atoms with van der Waals surface area (Å²) < 4.78 is 38.9. The van der Waals surface area contributed by atoms with Gasteiger partial charge in [-0.25, -0.2) is 13.2 Å². The van der Waals surface area contributed by atoms with Gasteiger partial charge in [-0.3, -0.25) is 23.6 Å². The number of amides is 5. The van der Waals surface area contributed by atoms with Crippen molar-refractivity contribution in [3.05, 3.63) is 12.7 Å². The summed E-state index contributed by atoms with van der Waals surface area (Å²) in [6.45, 7) is 14.3. The van der Waals surface area contributed by atoms with E-state index in [1.807, 2.05) is 20.8 Å². The molecule has 4 rings (SSSR count). The molecule has 0 aromatic rings. The Morgan fingerprint density at radius 3 is 2.09 bits per heavy atom. The van der Waals surface area contributed by atoms with Crippen molar-refractivity contribution < 1.29 is 36.8 Å². The van der Waals surface area contributed by atoms with E-state index in [2.05, 4.69) is 27.8 Å². The number of hydrogen-bond donors (Lipinski definition) is 4. The second-order valence-corrected chi connectivity index (χ2v) is 20.7. The lowest BCUT2D eigenvalue weighted by atomic mass is 9.70. The van der Waals surface area contributed by atoms with E-state index in [0.717, 1.165) is 38.5 Å². The number of likely N-dealkylation sites (tertiary alicyclic amines) is 1. The third-order valence-electron chi connectivity index (χ3n) is 12.7. The molecule has 4 aliphatic rings. The van der Waals surface area contributed by atoms with Crippen molar-refractivity contribution in [1.82, 2.24) is 26.2 Å². The molecule has 14 heteroatoms. The molecule has 5 atom stereocenters. The largest absolute Gasteiger partial charge is 0.346 e. The monoisotopic (exact) mass is 765 g/mol. The number of nitrogens with zero attached hydrogens (tertiary/aromatic N) is 1. The van der Waals surface area contributed by atoms with Gasteiger partial charge in [0.05, 0.1) is 28.8 Å². The Morgan fingerprint density at radius 1 is 0.925 bits per heavy atom. The Morgan fingerprint density at radius 2 is 1.53 bits per heavy atom. The van der Waals surface area contributed by atoms with E-state index in [-0.39, 0.29) is 48.8 Å². The zero-order chi connectivity index (χ0) is 39.4. The van der Waals surface area contributed by atoms with E-state index in [9.17, 15) is 36.8 Å². The number of fused-ring (bicyclic) bond motifs is 1. The summed E-state index contributed by atoms with van der Waals surface area (Å²) in [6, 6.07) is -3.75. The Labute approximate surface area is 315 Å². The van der Waals surface area contributed by atoms with Gasteiger partial charge in [0.15, 0.2) is 9.84 Å². The summed E-state index contributed by atoms with van der Waals surface area (Å²) in [5, 5.41) is 11.3. The van der Waals surface area contributed by atoms with Crippen LogP contribution in [-0.2, 0) is 29.0 Å². The zero-order valence-corrected chi connectivity index (χ0v) is 33.6. The number of sulfone groups is 1. The van der Waals surface area contributed by atoms with E-state index < -0.39 is 79.9 Å². The average Bonchev–Trinajstić information content (AvgIpc) is 3.38. The molecular weight excluding hydrogens is 702 g/mol. The molecule has 12 nitrogen and oxygen atoms in total. The van der Waals surface area contributed by atoms with Crippen molar-refractivity contribution in [2.75, 3.05) is 25.5 Å². The maximum absolute atomic E-state index is 14.9. The Hall–Kier alpha value is -3.03. The fourth-order valence-corrected chi connectivity index (χ4v) is 10.6. The molecule has 4 N–H and O–H groups in total. The average molecular weight is 766 g/mol. The highest BCUT2D eigenvalue weighted by atomic mass is 32.2. The number of hydrogen-bond acceptors (Lipinski definition) is 7. The lowest BCUT2D eigenvalue weighted by Gasteiger charge is -2.44. The molecule has 0 unspecified atom stereocenters. The van der Waals surface area contributed by atoms with Gasteiger partial charge in [0.1, 0.15) is 12.1 Å². The number of rotatable bonds is 16. The van der Waals surface area contributed by atoms with Crippen LogP contribution in [-0.4, -0.2) is 96.8 Å². The molecule has 1 saturated heterocycles. The highest BCUT2D eigenvalue weighted by molar-refractivity contribution is 7.92. The number of Topliss-reactive ketones (excluding diaryl/α,β-unsaturated/α-hetero) is 1. The van der Waals surface area contributed by atoms with E-state index in [0.29, 0.717) is 32.2 Å². The van der Waals surface area contributed by atoms with Gasteiger partial charge < -0.3 is 26.2 Å². The normalized spacial score (nSPS) is 25.6. The third kappa shape index (κ3) is 9.62. The minimum absolute atomic E-state index is 0.0144. The first-order valence-corrected chi connectivity index (χ1v) is 21.3. The van der Waals surface area contributed by atoms with Gasteiger partial charge in [0, 0.05) is 13.1 Å². The predicted octanol–water partition coefficient (Wildman–Crippen LogP) is 4.52. The van der Waals surface area contributed by atoms with Gasteiger partial charge >= 0.3 is 6.03 Å². The van der Waals surface area contributed by atoms with Crippen LogP contribution in [0.25, 0.3) is 0 Å². The Balaban J connectivity index is 1.62. The highest BCUT2D eigenvalue weighted by Gasteiger charge is 2.70. The first-order valence-electron chi connectivity index (χ1n) is 19.6. The Bertz CT molecular complexity index is 1500. The lowest BCUT2D eigenvalue weighted by molar-refractivity contribution is -0.146. The number of nitrogens with one attached hydrogen (secondary N) is 4. The summed E-state index contributed by atoms with van der Waals surface area (Å²) in [6.07, 6.45) is 9.54. The number of urea groups is 1. The van der Waals surface area contributed by atoms with Crippen LogP contribution in [0.5, 0.6) is 0 Å². The zero-order valence-electron chi connectivity index (χ0n) is 32.8. The SMILES string of the molecule is C=CCNC(=O)C(=O)[C@H](CCCCF)NC(=O)[C@@H]1[C@@H]2[C@H](CN1C(=O)[C@@H](NC(=O)NC1(CS(=O)(=O)C(C)(C)C)CCCCC1)C1(C)CCCCC1)C2(C)C. The smallest absolute Gasteiger partial charge is 0.315 e. The van der Waals surface area contributed by atoms with Crippen molar-refractivity contribution >= 4 is 39.4 Å². The molecule has 1 aliphatic heterocycles. The van der Waals surface area contributed by atoms with Crippen molar-refractivity contribution in [1.29, 1.82) is 0 Å². The molecule has 0 aromatic heterocycles. The molecule has 3 aliphatic carbocycles. The van der Waals surface area contributed by atoms with Crippen molar-refractivity contribution in [3.8, 4) is 0 Å². The molecule has 53 heavy (non-hydrogen) atoms. The fourth-order valence-electron chi connectivity index (χ4n) is 9.06. The molecule has 5 amide bonds. The van der Waals surface area contributed by atoms with Crippen LogP contribution in [0.4, 0.5) is 9.18 Å². The Kier molecular flexibility index (Phi) is 13.5. The number of unbranched alkanes of at least 4 members (excludes halogenated alkanes) is 1. The first kappa shape index (κ1) is 42.7. The van der Waals surface area contributed by atoms with Gasteiger partial charge in [-0.1, -0.05) is 65.4 Å². The second kappa shape index (κ2) is 16.8. The maximum atomic E-state index is 14.9. The van der Waals surface area contributed by atoms with Gasteiger partial charge in [0.2, 0.25) is 17.6 Å². The number of alkyl halides is 1. The number of piperidine rings is 1. The maximum Gasteiger partial charge on any atom is 0.315 e. The van der Waals surface area contributed by atoms with Crippen LogP contribution in [0.3, 0.4) is 0 Å². The molecule has 1 heterocycles. The topological polar surface area (TPSA) is 171 Å². The minimum atomic E-state index is -3.59. The predicted molar refractivity (Wildman–Crippen MR) is 202 cm³/mol. The van der Waals surface area contributed by atoms with Crippen molar-refractivity contribution in [2.45, 2.75) is 153 Å². The molecular formula is C39H64FN5O7S. The summed E-state index contributed by atoms with van der Waals surface area (Å²) in [4.78, 5) is 70.6. The summed E-state index contributed by atoms with van der Waals surface area (Å²) in [5.74, 6) is -3.07. The summed E-state index contributed by atoms with van der Waals surface area (Å²) in [5.41, 5.74) is -1.85. The highest BCUT2D eigenvalue weighted by Crippen LogP contribution is 2.65. The standard InChI is InChI=1S/C39H64FN5O7S/c1-8-23-41-33(48)30(46)27(17-11-16-22-40)42-32(47)29-28-26(37(28,5)6)24-45(29)34(49)31(38(7)18-12-9-13-19-38)43-35(50)44-39(20-14-10-15-21-39)25-53(51,52)36(2,3)4/h8,26-29,31H,1,9-25H2,2-7H3,(H,41,48)(H,42,47)(H2,43,44,50)/t26-,27-,28-,29-,31+/m0/s1. The van der Waals surface area contributed by atoms with E-state index in [4.69, 9.17) is 0 Å². The van der Waals surface area contributed by atoms with Crippen LogP contribution in [0.1, 0.15) is 125 Å². The minimum Gasteiger partial charge on any atom is -0.346 e. The van der Waals surface area contributed by atoms with Crippen LogP contribution >= 0.6 is 0 Å². The molecule has 0 radical (unpaired) electrons. The van der Waals surface area contributed by atoms with Gasteiger partial charge in [-0.15, -0.1) is 6.58 Å². The van der Waals surface area contributed by atoms with Gasteiger partial charge in [-0.05, 0) is 88.4 Å². The van der Waals surface area contributed by atoms with E-state index >= 15 is 0 Å². The van der Waals surface area contributed by atoms with Gasteiger partial charge in [0.25, 0.3) is 5.91 Å². The molecule has 0 bridgehead atoms. The van der Waals surface area contributed by atoms with Crippen LogP contribution < -0.4 is 21.3 Å². The number of carbonyl (C=O) groups excluding carboxylic acids is 5.